The third-order valence-electron chi connectivity index (χ3n) is 4.03. The molecule has 0 aliphatic rings. The zero-order valence-electron chi connectivity index (χ0n) is 15.5. The molecule has 0 heterocycles. The number of rotatable bonds is 9. The summed E-state index contributed by atoms with van der Waals surface area (Å²) in [7, 11) is 2.57. The summed E-state index contributed by atoms with van der Waals surface area (Å²) in [5.74, 6) is -0.590. The summed E-state index contributed by atoms with van der Waals surface area (Å²) in [5.41, 5.74) is 1.00. The number of esters is 1. The van der Waals surface area contributed by atoms with Crippen LogP contribution >= 0.6 is 0 Å². The van der Waals surface area contributed by atoms with E-state index < -0.39 is 10.9 Å². The van der Waals surface area contributed by atoms with Crippen LogP contribution in [0.5, 0.6) is 5.75 Å². The lowest BCUT2D eigenvalue weighted by atomic mass is 10.1. The maximum atomic E-state index is 12.0. The number of nitro benzene ring substituents is 1. The summed E-state index contributed by atoms with van der Waals surface area (Å²) in [6.45, 7) is 2.97. The molecule has 8 heteroatoms. The van der Waals surface area contributed by atoms with Crippen LogP contribution in [0.4, 0.5) is 11.4 Å². The van der Waals surface area contributed by atoms with Gasteiger partial charge in [0, 0.05) is 19.1 Å². The molecule has 0 radical (unpaired) electrons. The number of carbonyl (C=O) groups is 1. The van der Waals surface area contributed by atoms with Gasteiger partial charge in [-0.3, -0.25) is 10.1 Å². The van der Waals surface area contributed by atoms with Crippen LogP contribution in [-0.4, -0.2) is 37.7 Å². The molecule has 2 aromatic carbocycles. The Bertz CT molecular complexity index is 795. The van der Waals surface area contributed by atoms with Gasteiger partial charge >= 0.3 is 11.7 Å². The van der Waals surface area contributed by atoms with E-state index >= 15 is 0 Å². The highest BCUT2D eigenvalue weighted by Gasteiger charge is 2.27. The molecule has 2 rings (SSSR count). The lowest BCUT2D eigenvalue weighted by Crippen LogP contribution is -2.32. The van der Waals surface area contributed by atoms with Crippen molar-refractivity contribution in [3.63, 3.8) is 0 Å². The smallest absolute Gasteiger partial charge is 0.340 e. The lowest BCUT2D eigenvalue weighted by Gasteiger charge is -2.18. The fourth-order valence-corrected chi connectivity index (χ4v) is 2.59. The number of benzene rings is 2. The first-order chi connectivity index (χ1) is 13.0. The summed E-state index contributed by atoms with van der Waals surface area (Å²) < 4.78 is 9.82. The molecule has 0 saturated carbocycles. The van der Waals surface area contributed by atoms with Gasteiger partial charge in [-0.2, -0.15) is 0 Å². The molecule has 0 aromatic heterocycles. The number of carbonyl (C=O) groups excluding carboxylic acids is 1. The number of methoxy groups -OCH3 is 2. The first-order valence-corrected chi connectivity index (χ1v) is 8.42. The van der Waals surface area contributed by atoms with Gasteiger partial charge in [0.2, 0.25) is 0 Å². The average Bonchev–Trinajstić information content (AvgIpc) is 2.69. The largest absolute Gasteiger partial charge is 0.490 e. The van der Waals surface area contributed by atoms with E-state index in [9.17, 15) is 14.9 Å². The van der Waals surface area contributed by atoms with Crippen LogP contribution in [0, 0.1) is 10.1 Å². The van der Waals surface area contributed by atoms with Crippen LogP contribution in [-0.2, 0) is 11.3 Å². The van der Waals surface area contributed by atoms with Gasteiger partial charge in [0.05, 0.1) is 24.7 Å². The highest BCUT2D eigenvalue weighted by molar-refractivity contribution is 5.99. The minimum atomic E-state index is -0.659. The predicted molar refractivity (Wildman–Crippen MR) is 102 cm³/mol. The Morgan fingerprint density at radius 1 is 1.19 bits per heavy atom. The van der Waals surface area contributed by atoms with Gasteiger partial charge in [0.15, 0.2) is 5.75 Å². The molecule has 144 valence electrons. The van der Waals surface area contributed by atoms with Gasteiger partial charge in [-0.15, -0.1) is 0 Å². The molecule has 2 aromatic rings. The second-order valence-electron chi connectivity index (χ2n) is 5.94. The molecule has 0 amide bonds. The third-order valence-corrected chi connectivity index (χ3v) is 4.03. The van der Waals surface area contributed by atoms with Crippen molar-refractivity contribution in [2.45, 2.75) is 19.5 Å². The van der Waals surface area contributed by atoms with Crippen molar-refractivity contribution in [2.75, 3.05) is 26.1 Å². The average molecular weight is 373 g/mol. The van der Waals surface area contributed by atoms with Crippen molar-refractivity contribution in [3.05, 3.63) is 63.7 Å². The maximum absolute atomic E-state index is 12.0. The standard InChI is InChI=1S/C19H23N3O5/c1-13(20-12-14-7-5-4-6-8-14)11-21-17-15(19(23)27-3)9-10-16(26-2)18(17)22(24)25/h4-10,13,20-21H,11-12H2,1-3H3/t13-/m0/s1. The first kappa shape index (κ1) is 20.2. The number of nitro groups is 1. The van der Waals surface area contributed by atoms with E-state index in [4.69, 9.17) is 9.47 Å². The normalized spacial score (nSPS) is 11.5. The van der Waals surface area contributed by atoms with Crippen LogP contribution in [0.25, 0.3) is 0 Å². The molecule has 27 heavy (non-hydrogen) atoms. The number of hydrogen-bond acceptors (Lipinski definition) is 7. The van der Waals surface area contributed by atoms with Crippen LogP contribution < -0.4 is 15.4 Å². The van der Waals surface area contributed by atoms with E-state index in [1.807, 2.05) is 37.3 Å². The summed E-state index contributed by atoms with van der Waals surface area (Å²) >= 11 is 0. The van der Waals surface area contributed by atoms with E-state index in [2.05, 4.69) is 10.6 Å². The van der Waals surface area contributed by atoms with Gasteiger partial charge in [0.1, 0.15) is 5.69 Å². The zero-order valence-corrected chi connectivity index (χ0v) is 15.5. The number of anilines is 1. The molecule has 0 unspecified atom stereocenters. The number of nitrogens with zero attached hydrogens (tertiary/aromatic N) is 1. The Kier molecular flexibility index (Phi) is 7.13. The monoisotopic (exact) mass is 373 g/mol. The van der Waals surface area contributed by atoms with Crippen LogP contribution in [0.15, 0.2) is 42.5 Å². The second-order valence-corrected chi connectivity index (χ2v) is 5.94. The van der Waals surface area contributed by atoms with Crippen LogP contribution in [0.1, 0.15) is 22.8 Å². The van der Waals surface area contributed by atoms with Crippen LogP contribution in [0.3, 0.4) is 0 Å². The summed E-state index contributed by atoms with van der Waals surface area (Å²) in [5, 5.41) is 17.9. The van der Waals surface area contributed by atoms with E-state index in [0.29, 0.717) is 13.1 Å². The minimum absolute atomic E-state index is 0.0125. The Balaban J connectivity index is 2.17. The molecular formula is C19H23N3O5. The summed E-state index contributed by atoms with van der Waals surface area (Å²) in [4.78, 5) is 23.0. The molecule has 8 nitrogen and oxygen atoms in total. The molecule has 0 aliphatic carbocycles. The topological polar surface area (TPSA) is 103 Å². The molecular weight excluding hydrogens is 350 g/mol. The van der Waals surface area contributed by atoms with Gasteiger partial charge in [-0.25, -0.2) is 4.79 Å². The van der Waals surface area contributed by atoms with E-state index in [1.165, 1.54) is 26.4 Å². The van der Waals surface area contributed by atoms with Gasteiger partial charge < -0.3 is 20.1 Å². The SMILES string of the molecule is COC(=O)c1ccc(OC)c([N+](=O)[O-])c1NC[C@H](C)NCc1ccccc1. The van der Waals surface area contributed by atoms with E-state index in [1.54, 1.807) is 0 Å². The fraction of sp³-hybridized carbons (Fsp3) is 0.316. The van der Waals surface area contributed by atoms with Gasteiger partial charge in [-0.1, -0.05) is 30.3 Å². The van der Waals surface area contributed by atoms with Crippen molar-refractivity contribution in [2.24, 2.45) is 0 Å². The van der Waals surface area contributed by atoms with E-state index in [-0.39, 0.29) is 28.7 Å². The van der Waals surface area contributed by atoms with E-state index in [0.717, 1.165) is 5.56 Å². The van der Waals surface area contributed by atoms with Gasteiger partial charge in [0.25, 0.3) is 0 Å². The van der Waals surface area contributed by atoms with Crippen LogP contribution in [0.2, 0.25) is 0 Å². The number of ether oxygens (including phenoxy) is 2. The summed E-state index contributed by atoms with van der Waals surface area (Å²) in [6.07, 6.45) is 0. The summed E-state index contributed by atoms with van der Waals surface area (Å²) in [6, 6.07) is 12.7. The highest BCUT2D eigenvalue weighted by atomic mass is 16.6. The zero-order chi connectivity index (χ0) is 19.8. The van der Waals surface area contributed by atoms with Crippen molar-refractivity contribution < 1.29 is 19.2 Å². The van der Waals surface area contributed by atoms with Crippen molar-refractivity contribution in [3.8, 4) is 5.75 Å². The Labute approximate surface area is 157 Å². The van der Waals surface area contributed by atoms with Gasteiger partial charge in [-0.05, 0) is 24.6 Å². The molecule has 0 saturated heterocycles. The highest BCUT2D eigenvalue weighted by Crippen LogP contribution is 2.37. The minimum Gasteiger partial charge on any atom is -0.490 e. The Hall–Kier alpha value is -3.13. The maximum Gasteiger partial charge on any atom is 0.340 e. The second kappa shape index (κ2) is 9.54. The molecule has 1 atom stereocenters. The molecule has 2 N–H and O–H groups in total. The molecule has 0 aliphatic heterocycles. The number of hydrogen-bond donors (Lipinski definition) is 2. The molecule has 0 fully saturated rings. The lowest BCUT2D eigenvalue weighted by molar-refractivity contribution is -0.384. The van der Waals surface area contributed by atoms with Crippen molar-refractivity contribution in [1.82, 2.24) is 5.32 Å². The Morgan fingerprint density at radius 3 is 2.48 bits per heavy atom. The predicted octanol–water partition coefficient (Wildman–Crippen LogP) is 2.98. The number of nitrogens with one attached hydrogen (secondary N) is 2. The van der Waals surface area contributed by atoms with Crippen molar-refractivity contribution >= 4 is 17.3 Å². The van der Waals surface area contributed by atoms with Crippen molar-refractivity contribution in [1.29, 1.82) is 0 Å². The first-order valence-electron chi connectivity index (χ1n) is 8.42. The third kappa shape index (κ3) is 5.18. The molecule has 0 spiro atoms. The molecule has 0 bridgehead atoms. The Morgan fingerprint density at radius 2 is 1.89 bits per heavy atom. The quantitative estimate of drug-likeness (QED) is 0.396. The fourth-order valence-electron chi connectivity index (χ4n) is 2.59.